The Morgan fingerprint density at radius 3 is 2.75 bits per heavy atom. The zero-order chi connectivity index (χ0) is 8.55. The van der Waals surface area contributed by atoms with Gasteiger partial charge in [-0.05, 0) is 18.8 Å². The highest BCUT2D eigenvalue weighted by Crippen LogP contribution is 2.39. The van der Waals surface area contributed by atoms with Crippen molar-refractivity contribution >= 4 is 5.91 Å². The average Bonchev–Trinajstić information content (AvgIpc) is 2.83. The zero-order valence-corrected chi connectivity index (χ0v) is 7.49. The van der Waals surface area contributed by atoms with Crippen molar-refractivity contribution in [1.82, 2.24) is 4.90 Å². The molecular formula is C10H15NO. The quantitative estimate of drug-likeness (QED) is 0.538. The summed E-state index contributed by atoms with van der Waals surface area (Å²) in [5.41, 5.74) is 0. The van der Waals surface area contributed by atoms with Crippen LogP contribution in [-0.2, 0) is 4.79 Å². The maximum atomic E-state index is 11.7. The van der Waals surface area contributed by atoms with Crippen LogP contribution in [0, 0.1) is 11.8 Å². The molecule has 12 heavy (non-hydrogen) atoms. The predicted molar refractivity (Wildman–Crippen MR) is 47.6 cm³/mol. The van der Waals surface area contributed by atoms with E-state index in [2.05, 4.69) is 19.1 Å². The second-order valence-corrected chi connectivity index (χ2v) is 3.86. The molecule has 1 saturated carbocycles. The van der Waals surface area contributed by atoms with Gasteiger partial charge in [0.25, 0.3) is 0 Å². The molecule has 66 valence electrons. The van der Waals surface area contributed by atoms with Gasteiger partial charge in [0.2, 0.25) is 5.91 Å². The number of amides is 1. The third-order valence-electron chi connectivity index (χ3n) is 2.80. The van der Waals surface area contributed by atoms with E-state index in [0.717, 1.165) is 25.9 Å². The van der Waals surface area contributed by atoms with Gasteiger partial charge in [0.05, 0.1) is 0 Å². The maximum absolute atomic E-state index is 11.7. The molecule has 2 rings (SSSR count). The monoisotopic (exact) mass is 165 g/mol. The largest absolute Gasteiger partial charge is 0.338 e. The Hall–Kier alpha value is -0.790. The van der Waals surface area contributed by atoms with E-state index in [1.807, 2.05) is 4.90 Å². The first kappa shape index (κ1) is 7.84. The van der Waals surface area contributed by atoms with Gasteiger partial charge in [0.1, 0.15) is 0 Å². The molecule has 1 heterocycles. The topological polar surface area (TPSA) is 20.3 Å². The molecule has 2 heteroatoms. The highest BCUT2D eigenvalue weighted by Gasteiger charge is 2.41. The molecule has 0 aromatic heterocycles. The van der Waals surface area contributed by atoms with E-state index in [1.165, 1.54) is 0 Å². The van der Waals surface area contributed by atoms with E-state index in [4.69, 9.17) is 0 Å². The minimum absolute atomic E-state index is 0.358. The summed E-state index contributed by atoms with van der Waals surface area (Å²) < 4.78 is 0. The van der Waals surface area contributed by atoms with Gasteiger partial charge in [-0.25, -0.2) is 0 Å². The van der Waals surface area contributed by atoms with Crippen molar-refractivity contribution in [1.29, 1.82) is 0 Å². The molecule has 1 fully saturated rings. The van der Waals surface area contributed by atoms with Crippen LogP contribution in [0.5, 0.6) is 0 Å². The highest BCUT2D eigenvalue weighted by atomic mass is 16.2. The van der Waals surface area contributed by atoms with Crippen LogP contribution in [0.2, 0.25) is 0 Å². The third-order valence-corrected chi connectivity index (χ3v) is 2.80. The predicted octanol–water partition coefficient (Wildman–Crippen LogP) is 1.43. The van der Waals surface area contributed by atoms with Gasteiger partial charge < -0.3 is 4.90 Å². The van der Waals surface area contributed by atoms with Crippen LogP contribution in [0.1, 0.15) is 19.8 Å². The van der Waals surface area contributed by atoms with Gasteiger partial charge in [-0.3, -0.25) is 4.79 Å². The smallest absolute Gasteiger partial charge is 0.226 e. The van der Waals surface area contributed by atoms with E-state index < -0.39 is 0 Å². The number of rotatable bonds is 1. The Morgan fingerprint density at radius 2 is 2.25 bits per heavy atom. The van der Waals surface area contributed by atoms with E-state index in [9.17, 15) is 4.79 Å². The van der Waals surface area contributed by atoms with Gasteiger partial charge in [-0.15, -0.1) is 0 Å². The summed E-state index contributed by atoms with van der Waals surface area (Å²) in [6.45, 7) is 3.92. The molecule has 0 bridgehead atoms. The number of nitrogens with zero attached hydrogens (tertiary/aromatic N) is 1. The molecule has 1 aliphatic carbocycles. The second-order valence-electron chi connectivity index (χ2n) is 3.86. The number of carbonyl (C=O) groups is 1. The van der Waals surface area contributed by atoms with Crippen LogP contribution in [0.15, 0.2) is 12.2 Å². The van der Waals surface area contributed by atoms with Gasteiger partial charge in [-0.2, -0.15) is 0 Å². The summed E-state index contributed by atoms with van der Waals surface area (Å²) in [7, 11) is 0. The fourth-order valence-electron chi connectivity index (χ4n) is 1.74. The van der Waals surface area contributed by atoms with Gasteiger partial charge in [-0.1, -0.05) is 19.1 Å². The highest BCUT2D eigenvalue weighted by molar-refractivity contribution is 5.81. The molecule has 1 amide bonds. The number of hydrogen-bond acceptors (Lipinski definition) is 1. The van der Waals surface area contributed by atoms with Gasteiger partial charge in [0, 0.05) is 19.0 Å². The fraction of sp³-hybridized carbons (Fsp3) is 0.700. The van der Waals surface area contributed by atoms with Crippen molar-refractivity contribution in [3.05, 3.63) is 12.2 Å². The SMILES string of the molecule is CC1CC1C(=O)N1CC=CCC1. The Balaban J connectivity index is 1.91. The van der Waals surface area contributed by atoms with Crippen molar-refractivity contribution < 1.29 is 4.79 Å². The Labute approximate surface area is 73.2 Å². The van der Waals surface area contributed by atoms with Crippen LogP contribution < -0.4 is 0 Å². The molecule has 2 atom stereocenters. The number of carbonyl (C=O) groups excluding carboxylic acids is 1. The minimum Gasteiger partial charge on any atom is -0.338 e. The normalized spacial score (nSPS) is 33.6. The maximum Gasteiger partial charge on any atom is 0.226 e. The van der Waals surface area contributed by atoms with E-state index in [-0.39, 0.29) is 0 Å². The van der Waals surface area contributed by atoms with Crippen LogP contribution in [0.4, 0.5) is 0 Å². The van der Waals surface area contributed by atoms with E-state index >= 15 is 0 Å². The van der Waals surface area contributed by atoms with Crippen molar-refractivity contribution in [2.45, 2.75) is 19.8 Å². The van der Waals surface area contributed by atoms with Crippen LogP contribution in [-0.4, -0.2) is 23.9 Å². The Morgan fingerprint density at radius 1 is 1.50 bits per heavy atom. The molecule has 0 aromatic carbocycles. The van der Waals surface area contributed by atoms with E-state index in [1.54, 1.807) is 0 Å². The molecule has 0 aromatic rings. The van der Waals surface area contributed by atoms with Crippen LogP contribution >= 0.6 is 0 Å². The van der Waals surface area contributed by atoms with Crippen molar-refractivity contribution in [2.24, 2.45) is 11.8 Å². The minimum atomic E-state index is 0.358. The van der Waals surface area contributed by atoms with E-state index in [0.29, 0.717) is 17.7 Å². The fourth-order valence-corrected chi connectivity index (χ4v) is 1.74. The zero-order valence-electron chi connectivity index (χ0n) is 7.49. The summed E-state index contributed by atoms with van der Waals surface area (Å²) in [6, 6.07) is 0. The first-order valence-corrected chi connectivity index (χ1v) is 4.73. The average molecular weight is 165 g/mol. The Kier molecular flexibility index (Phi) is 1.91. The molecule has 2 unspecified atom stereocenters. The summed E-state index contributed by atoms with van der Waals surface area (Å²) in [5.74, 6) is 1.38. The first-order valence-electron chi connectivity index (χ1n) is 4.73. The lowest BCUT2D eigenvalue weighted by molar-refractivity contribution is -0.132. The molecule has 0 saturated heterocycles. The lowest BCUT2D eigenvalue weighted by atomic mass is 10.2. The number of hydrogen-bond donors (Lipinski definition) is 0. The molecule has 2 nitrogen and oxygen atoms in total. The summed E-state index contributed by atoms with van der Waals surface area (Å²) >= 11 is 0. The first-order chi connectivity index (χ1) is 5.79. The van der Waals surface area contributed by atoms with Crippen molar-refractivity contribution in [3.63, 3.8) is 0 Å². The molecule has 0 spiro atoms. The van der Waals surface area contributed by atoms with Crippen LogP contribution in [0.25, 0.3) is 0 Å². The third kappa shape index (κ3) is 1.38. The molecule has 2 aliphatic rings. The van der Waals surface area contributed by atoms with Crippen molar-refractivity contribution in [2.75, 3.05) is 13.1 Å². The molecular weight excluding hydrogens is 150 g/mol. The summed E-state index contributed by atoms with van der Waals surface area (Å²) in [5, 5.41) is 0. The standard InChI is InChI=1S/C10H15NO/c1-8-7-9(8)10(12)11-5-3-2-4-6-11/h2-3,8-9H,4-7H2,1H3. The summed E-state index contributed by atoms with van der Waals surface area (Å²) in [6.07, 6.45) is 6.39. The lowest BCUT2D eigenvalue weighted by Crippen LogP contribution is -2.35. The molecule has 0 N–H and O–H groups in total. The lowest BCUT2D eigenvalue weighted by Gasteiger charge is -2.23. The molecule has 0 radical (unpaired) electrons. The van der Waals surface area contributed by atoms with Gasteiger partial charge in [0.15, 0.2) is 0 Å². The summed E-state index contributed by atoms with van der Waals surface area (Å²) in [4.78, 5) is 13.6. The molecule has 1 aliphatic heterocycles. The second kappa shape index (κ2) is 2.92. The van der Waals surface area contributed by atoms with Crippen molar-refractivity contribution in [3.8, 4) is 0 Å². The van der Waals surface area contributed by atoms with Crippen LogP contribution in [0.3, 0.4) is 0 Å². The van der Waals surface area contributed by atoms with Gasteiger partial charge >= 0.3 is 0 Å². The Bertz CT molecular complexity index is 222.